The van der Waals surface area contributed by atoms with Crippen molar-refractivity contribution in [3.05, 3.63) is 22.8 Å². The van der Waals surface area contributed by atoms with Crippen LogP contribution in [0.4, 0.5) is 5.82 Å². The highest BCUT2D eigenvalue weighted by molar-refractivity contribution is 6.29. The van der Waals surface area contributed by atoms with Gasteiger partial charge in [-0.1, -0.05) is 11.6 Å². The van der Waals surface area contributed by atoms with Gasteiger partial charge in [0.2, 0.25) is 0 Å². The molecule has 104 valence electrons. The van der Waals surface area contributed by atoms with Crippen LogP contribution in [0, 0.1) is 0 Å². The summed E-state index contributed by atoms with van der Waals surface area (Å²) in [5.74, 6) is -0.632. The first-order chi connectivity index (χ1) is 8.89. The lowest BCUT2D eigenvalue weighted by atomic mass is 9.98. The van der Waals surface area contributed by atoms with E-state index in [9.17, 15) is 15.0 Å². The second-order valence-electron chi connectivity index (χ2n) is 5.15. The highest BCUT2D eigenvalue weighted by Gasteiger charge is 2.27. The highest BCUT2D eigenvalue weighted by atomic mass is 35.5. The van der Waals surface area contributed by atoms with Gasteiger partial charge in [-0.2, -0.15) is 0 Å². The molecular formula is C13H17ClN2O3. The zero-order valence-corrected chi connectivity index (χ0v) is 11.5. The van der Waals surface area contributed by atoms with Crippen LogP contribution >= 0.6 is 11.6 Å². The first kappa shape index (κ1) is 14.1. The van der Waals surface area contributed by atoms with E-state index in [0.717, 1.165) is 6.42 Å². The van der Waals surface area contributed by atoms with E-state index in [4.69, 9.17) is 11.6 Å². The number of carboxylic acid groups (broad SMARTS) is 1. The maximum Gasteiger partial charge on any atom is 0.339 e. The average Bonchev–Trinajstić information content (AvgIpc) is 2.49. The second-order valence-corrected chi connectivity index (χ2v) is 5.54. The third kappa shape index (κ3) is 3.36. The molecule has 1 aromatic rings. The second kappa shape index (κ2) is 5.35. The van der Waals surface area contributed by atoms with Gasteiger partial charge in [-0.15, -0.1) is 0 Å². The Bertz CT molecular complexity index is 491. The van der Waals surface area contributed by atoms with Gasteiger partial charge >= 0.3 is 5.97 Å². The Morgan fingerprint density at radius 3 is 2.84 bits per heavy atom. The molecule has 0 bridgehead atoms. The molecule has 2 N–H and O–H groups in total. The highest BCUT2D eigenvalue weighted by Crippen LogP contribution is 2.27. The molecule has 0 aliphatic carbocycles. The van der Waals surface area contributed by atoms with Crippen molar-refractivity contribution in [2.24, 2.45) is 0 Å². The summed E-state index contributed by atoms with van der Waals surface area (Å²) in [5.41, 5.74) is -0.553. The number of aromatic carboxylic acids is 1. The predicted octanol–water partition coefficient (Wildman–Crippen LogP) is 2.17. The van der Waals surface area contributed by atoms with E-state index in [1.54, 1.807) is 6.92 Å². The Morgan fingerprint density at radius 2 is 2.16 bits per heavy atom. The Hall–Kier alpha value is -1.33. The van der Waals surface area contributed by atoms with E-state index in [-0.39, 0.29) is 10.7 Å². The lowest BCUT2D eigenvalue weighted by Gasteiger charge is -2.24. The van der Waals surface area contributed by atoms with E-state index >= 15 is 0 Å². The summed E-state index contributed by atoms with van der Waals surface area (Å²) in [6.07, 6.45) is 2.08. The van der Waals surface area contributed by atoms with Crippen molar-refractivity contribution in [1.29, 1.82) is 0 Å². The number of carbonyl (C=O) groups is 1. The fourth-order valence-electron chi connectivity index (χ4n) is 2.31. The molecule has 1 aliphatic rings. The first-order valence-corrected chi connectivity index (χ1v) is 6.64. The molecule has 1 aromatic heterocycles. The number of aliphatic hydroxyl groups is 1. The van der Waals surface area contributed by atoms with Crippen LogP contribution in [0.2, 0.25) is 5.15 Å². The Labute approximate surface area is 116 Å². The largest absolute Gasteiger partial charge is 0.478 e. The monoisotopic (exact) mass is 284 g/mol. The average molecular weight is 285 g/mol. The van der Waals surface area contributed by atoms with Gasteiger partial charge in [0.15, 0.2) is 0 Å². The van der Waals surface area contributed by atoms with Gasteiger partial charge in [0.1, 0.15) is 16.5 Å². The van der Waals surface area contributed by atoms with E-state index in [1.807, 2.05) is 4.90 Å². The SMILES string of the molecule is CC1(O)CCCN(c2nc(Cl)ccc2C(=O)O)CC1. The molecule has 2 heterocycles. The maximum atomic E-state index is 11.2. The minimum Gasteiger partial charge on any atom is -0.478 e. The predicted molar refractivity (Wildman–Crippen MR) is 72.9 cm³/mol. The molecule has 2 rings (SSSR count). The molecule has 0 amide bonds. The third-order valence-corrected chi connectivity index (χ3v) is 3.65. The van der Waals surface area contributed by atoms with Gasteiger partial charge < -0.3 is 15.1 Å². The van der Waals surface area contributed by atoms with Crippen LogP contribution in [0.25, 0.3) is 0 Å². The number of pyridine rings is 1. The van der Waals surface area contributed by atoms with Crippen LogP contribution in [0.5, 0.6) is 0 Å². The summed E-state index contributed by atoms with van der Waals surface area (Å²) in [4.78, 5) is 17.3. The minimum atomic E-state index is -1.02. The number of hydrogen-bond acceptors (Lipinski definition) is 4. The van der Waals surface area contributed by atoms with Crippen molar-refractivity contribution >= 4 is 23.4 Å². The molecule has 1 saturated heterocycles. The molecule has 1 fully saturated rings. The zero-order valence-electron chi connectivity index (χ0n) is 10.8. The minimum absolute atomic E-state index is 0.144. The fraction of sp³-hybridized carbons (Fsp3) is 0.538. The number of anilines is 1. The third-order valence-electron chi connectivity index (χ3n) is 3.43. The van der Waals surface area contributed by atoms with Crippen molar-refractivity contribution in [2.75, 3.05) is 18.0 Å². The van der Waals surface area contributed by atoms with Crippen molar-refractivity contribution in [1.82, 2.24) is 4.98 Å². The molecule has 19 heavy (non-hydrogen) atoms. The molecule has 0 spiro atoms. The molecular weight excluding hydrogens is 268 g/mol. The smallest absolute Gasteiger partial charge is 0.339 e. The van der Waals surface area contributed by atoms with Gasteiger partial charge in [0.05, 0.1) is 5.60 Å². The van der Waals surface area contributed by atoms with E-state index in [1.165, 1.54) is 12.1 Å². The van der Waals surface area contributed by atoms with Crippen LogP contribution in [0.1, 0.15) is 36.5 Å². The Morgan fingerprint density at radius 1 is 1.42 bits per heavy atom. The number of carboxylic acids is 1. The summed E-state index contributed by atoms with van der Waals surface area (Å²) in [7, 11) is 0. The van der Waals surface area contributed by atoms with Gasteiger partial charge in [0, 0.05) is 13.1 Å². The van der Waals surface area contributed by atoms with Gasteiger partial charge in [-0.3, -0.25) is 0 Å². The fourth-order valence-corrected chi connectivity index (χ4v) is 2.45. The van der Waals surface area contributed by atoms with Crippen LogP contribution in [0.15, 0.2) is 12.1 Å². The summed E-state index contributed by atoms with van der Waals surface area (Å²) in [5, 5.41) is 19.5. The van der Waals surface area contributed by atoms with Crippen LogP contribution < -0.4 is 4.90 Å². The molecule has 5 nitrogen and oxygen atoms in total. The first-order valence-electron chi connectivity index (χ1n) is 6.26. The number of aromatic nitrogens is 1. The standard InChI is InChI=1S/C13H17ClN2O3/c1-13(19)5-2-7-16(8-6-13)11-9(12(17)18)3-4-10(14)15-11/h3-4,19H,2,5-8H2,1H3,(H,17,18). The van der Waals surface area contributed by atoms with Gasteiger partial charge in [0.25, 0.3) is 0 Å². The van der Waals surface area contributed by atoms with Crippen molar-refractivity contribution in [3.63, 3.8) is 0 Å². The Kier molecular flexibility index (Phi) is 3.96. The van der Waals surface area contributed by atoms with Crippen molar-refractivity contribution < 1.29 is 15.0 Å². The molecule has 0 saturated carbocycles. The number of halogens is 1. The van der Waals surface area contributed by atoms with Crippen molar-refractivity contribution in [2.45, 2.75) is 31.8 Å². The normalized spacial score (nSPS) is 24.1. The van der Waals surface area contributed by atoms with Crippen LogP contribution in [-0.4, -0.2) is 39.9 Å². The summed E-state index contributed by atoms with van der Waals surface area (Å²) in [6, 6.07) is 2.94. The number of nitrogens with zero attached hydrogens (tertiary/aromatic N) is 2. The Balaban J connectivity index is 2.30. The summed E-state index contributed by atoms with van der Waals surface area (Å²) in [6.45, 7) is 3.05. The maximum absolute atomic E-state index is 11.2. The molecule has 0 aromatic carbocycles. The van der Waals surface area contributed by atoms with Gasteiger partial charge in [-0.05, 0) is 38.3 Å². The van der Waals surface area contributed by atoms with Crippen LogP contribution in [0.3, 0.4) is 0 Å². The number of rotatable bonds is 2. The molecule has 6 heteroatoms. The number of hydrogen-bond donors (Lipinski definition) is 2. The quantitative estimate of drug-likeness (QED) is 0.814. The lowest BCUT2D eigenvalue weighted by molar-refractivity contribution is 0.0481. The molecule has 0 radical (unpaired) electrons. The molecule has 1 aliphatic heterocycles. The van der Waals surface area contributed by atoms with Crippen molar-refractivity contribution in [3.8, 4) is 0 Å². The molecule has 1 unspecified atom stereocenters. The van der Waals surface area contributed by atoms with E-state index in [2.05, 4.69) is 4.98 Å². The van der Waals surface area contributed by atoms with E-state index in [0.29, 0.717) is 31.7 Å². The lowest BCUT2D eigenvalue weighted by Crippen LogP contribution is -2.30. The van der Waals surface area contributed by atoms with Crippen LogP contribution in [-0.2, 0) is 0 Å². The zero-order chi connectivity index (χ0) is 14.0. The van der Waals surface area contributed by atoms with E-state index < -0.39 is 11.6 Å². The summed E-state index contributed by atoms with van der Waals surface area (Å²) < 4.78 is 0. The van der Waals surface area contributed by atoms with Gasteiger partial charge in [-0.25, -0.2) is 9.78 Å². The summed E-state index contributed by atoms with van der Waals surface area (Å²) >= 11 is 5.86. The topological polar surface area (TPSA) is 73.7 Å². The molecule has 1 atom stereocenters.